The van der Waals surface area contributed by atoms with Crippen LogP contribution in [0.25, 0.3) is 27.6 Å². The second-order valence-corrected chi connectivity index (χ2v) is 9.09. The number of rotatable bonds is 7. The summed E-state index contributed by atoms with van der Waals surface area (Å²) in [6.07, 6.45) is 0. The van der Waals surface area contributed by atoms with Gasteiger partial charge in [-0.15, -0.1) is 0 Å². The Hall–Kier alpha value is -3.86. The number of nitriles is 1. The number of ether oxygens (including phenoxy) is 1. The summed E-state index contributed by atoms with van der Waals surface area (Å²) in [5, 5.41) is 19.7. The number of esters is 1. The molecule has 0 spiro atoms. The van der Waals surface area contributed by atoms with Crippen LogP contribution in [0.1, 0.15) is 12.7 Å². The van der Waals surface area contributed by atoms with Gasteiger partial charge < -0.3 is 14.8 Å². The van der Waals surface area contributed by atoms with E-state index >= 15 is 0 Å². The van der Waals surface area contributed by atoms with Crippen LogP contribution in [0, 0.1) is 11.3 Å². The summed E-state index contributed by atoms with van der Waals surface area (Å²) in [5.74, 6) is -1.36. The molecule has 0 saturated heterocycles. The smallest absolute Gasteiger partial charge is 0.324 e. The summed E-state index contributed by atoms with van der Waals surface area (Å²) < 4.78 is 40.7. The fourth-order valence-corrected chi connectivity index (χ4v) is 4.96. The Labute approximate surface area is 191 Å². The van der Waals surface area contributed by atoms with Crippen molar-refractivity contribution in [3.05, 3.63) is 54.0 Å². The Balaban J connectivity index is 1.46. The fourth-order valence-electron chi connectivity index (χ4n) is 3.00. The monoisotopic (exact) mass is 484 g/mol. The Kier molecular flexibility index (Phi) is 6.05. The molecule has 13 heteroatoms. The van der Waals surface area contributed by atoms with E-state index in [1.807, 2.05) is 6.07 Å². The number of aromatic amines is 1. The highest BCUT2D eigenvalue weighted by molar-refractivity contribution is 7.89. The molecule has 1 unspecified atom stereocenters. The molecule has 2 aromatic carbocycles. The van der Waals surface area contributed by atoms with Gasteiger partial charge in [0.25, 0.3) is 0 Å². The maximum Gasteiger partial charge on any atom is 0.324 e. The Morgan fingerprint density at radius 1 is 1.24 bits per heavy atom. The number of aliphatic hydroxyl groups is 1. The van der Waals surface area contributed by atoms with Gasteiger partial charge in [0, 0.05) is 0 Å². The van der Waals surface area contributed by atoms with Gasteiger partial charge in [0.2, 0.25) is 10.0 Å². The van der Waals surface area contributed by atoms with Gasteiger partial charge in [0.1, 0.15) is 40.2 Å². The number of carbonyl (C=O) groups excluding carboxylic acids is 1. The van der Waals surface area contributed by atoms with Gasteiger partial charge >= 0.3 is 5.97 Å². The molecule has 0 aliphatic carbocycles. The van der Waals surface area contributed by atoms with Crippen molar-refractivity contribution in [1.82, 2.24) is 23.4 Å². The molecule has 11 nitrogen and oxygen atoms in total. The minimum atomic E-state index is -4.11. The van der Waals surface area contributed by atoms with E-state index in [1.165, 1.54) is 19.1 Å². The summed E-state index contributed by atoms with van der Waals surface area (Å²) in [5.41, 5.74) is 1.68. The number of nitrogens with one attached hydrogen (secondary N) is 2. The highest BCUT2D eigenvalue weighted by atomic mass is 32.2. The molecule has 0 radical (unpaired) electrons. The van der Waals surface area contributed by atoms with E-state index in [-0.39, 0.29) is 21.8 Å². The first-order valence-corrected chi connectivity index (χ1v) is 11.7. The lowest BCUT2D eigenvalue weighted by atomic mass is 10.2. The molecule has 0 amide bonds. The molecule has 3 N–H and O–H groups in total. The molecule has 168 valence electrons. The first-order valence-electron chi connectivity index (χ1n) is 9.47. The fraction of sp³-hybridized carbons (Fsp3) is 0.150. The summed E-state index contributed by atoms with van der Waals surface area (Å²) in [4.78, 5) is 19.4. The minimum absolute atomic E-state index is 0.117. The second-order valence-electron chi connectivity index (χ2n) is 6.87. The molecule has 0 aliphatic rings. The second kappa shape index (κ2) is 8.94. The van der Waals surface area contributed by atoms with E-state index in [0.717, 1.165) is 11.7 Å². The van der Waals surface area contributed by atoms with E-state index in [2.05, 4.69) is 23.4 Å². The number of para-hydroxylation sites is 2. The lowest BCUT2D eigenvalue weighted by molar-refractivity contribution is -0.144. The average molecular weight is 485 g/mol. The van der Waals surface area contributed by atoms with Gasteiger partial charge in [-0.3, -0.25) is 4.79 Å². The number of H-pyrrole nitrogens is 1. The van der Waals surface area contributed by atoms with E-state index < -0.39 is 34.4 Å². The number of aliphatic hydroxyl groups excluding tert-OH is 1. The first kappa shape index (κ1) is 22.3. The molecule has 2 heterocycles. The van der Waals surface area contributed by atoms with Crippen molar-refractivity contribution in [2.45, 2.75) is 17.9 Å². The molecule has 1 atom stereocenters. The number of hydrogen-bond acceptors (Lipinski definition) is 10. The number of hydrogen-bond donors (Lipinski definition) is 3. The third kappa shape index (κ3) is 4.53. The largest absolute Gasteiger partial charge is 0.507 e. The van der Waals surface area contributed by atoms with Gasteiger partial charge in [-0.25, -0.2) is 13.4 Å². The van der Waals surface area contributed by atoms with Crippen LogP contribution in [0.2, 0.25) is 0 Å². The standard InChI is InChI=1S/C20H16N6O5S2/c1-11(26-33(29,30)17-8-4-7-15-18(17)25-32-24-15)20(28)31-10-16(27)12(9-21)19-22-13-5-2-3-6-14(13)23-19/h2-8,11,26-27H,10H2,1H3,(H,22,23)/b16-12-. The predicted molar refractivity (Wildman–Crippen MR) is 119 cm³/mol. The van der Waals surface area contributed by atoms with E-state index in [1.54, 1.807) is 30.3 Å². The van der Waals surface area contributed by atoms with Gasteiger partial charge in [-0.05, 0) is 31.2 Å². The SMILES string of the molecule is CC(NS(=O)(=O)c1cccc2nsnc12)C(=O)OC/C(O)=C(\C#N)c1nc2ccccc2[nH]1. The molecule has 0 fully saturated rings. The highest BCUT2D eigenvalue weighted by Crippen LogP contribution is 2.22. The van der Waals surface area contributed by atoms with Gasteiger partial charge in [0.05, 0.1) is 22.8 Å². The van der Waals surface area contributed by atoms with Gasteiger partial charge in [-0.1, -0.05) is 18.2 Å². The number of fused-ring (bicyclic) bond motifs is 2. The van der Waals surface area contributed by atoms with Crippen molar-refractivity contribution in [2.75, 3.05) is 6.61 Å². The third-order valence-electron chi connectivity index (χ3n) is 4.60. The molecule has 0 saturated carbocycles. The van der Waals surface area contributed by atoms with Crippen LogP contribution in [0.4, 0.5) is 0 Å². The van der Waals surface area contributed by atoms with Gasteiger partial charge in [0.15, 0.2) is 11.6 Å². The van der Waals surface area contributed by atoms with Crippen LogP contribution >= 0.6 is 11.7 Å². The molecule has 0 bridgehead atoms. The van der Waals surface area contributed by atoms with Crippen molar-refractivity contribution in [3.63, 3.8) is 0 Å². The minimum Gasteiger partial charge on any atom is -0.507 e. The Bertz CT molecular complexity index is 1500. The quantitative estimate of drug-likeness (QED) is 0.202. The predicted octanol–water partition coefficient (Wildman–Crippen LogP) is 2.27. The van der Waals surface area contributed by atoms with Crippen LogP contribution in [-0.4, -0.2) is 50.9 Å². The zero-order valence-electron chi connectivity index (χ0n) is 17.0. The van der Waals surface area contributed by atoms with Crippen molar-refractivity contribution in [2.24, 2.45) is 0 Å². The molecular formula is C20H16N6O5S2. The number of imidazole rings is 1. The topological polar surface area (TPSA) is 171 Å². The normalized spacial score (nSPS) is 13.5. The van der Waals surface area contributed by atoms with Crippen molar-refractivity contribution in [3.8, 4) is 6.07 Å². The first-order chi connectivity index (χ1) is 15.8. The number of benzene rings is 2. The zero-order chi connectivity index (χ0) is 23.6. The van der Waals surface area contributed by atoms with Crippen molar-refractivity contribution in [1.29, 1.82) is 5.26 Å². The maximum atomic E-state index is 12.7. The summed E-state index contributed by atoms with van der Waals surface area (Å²) in [6.45, 7) is 0.654. The van der Waals surface area contributed by atoms with E-state index in [0.29, 0.717) is 16.6 Å². The van der Waals surface area contributed by atoms with E-state index in [9.17, 15) is 23.6 Å². The Morgan fingerprint density at radius 2 is 2.00 bits per heavy atom. The number of sulfonamides is 1. The van der Waals surface area contributed by atoms with Crippen molar-refractivity contribution < 1.29 is 23.1 Å². The Morgan fingerprint density at radius 3 is 2.76 bits per heavy atom. The molecule has 4 aromatic rings. The maximum absolute atomic E-state index is 12.7. The average Bonchev–Trinajstić information content (AvgIpc) is 3.44. The van der Waals surface area contributed by atoms with Gasteiger partial charge in [-0.2, -0.15) is 18.7 Å². The van der Waals surface area contributed by atoms with E-state index in [4.69, 9.17) is 4.74 Å². The van der Waals surface area contributed by atoms with Crippen LogP contribution in [-0.2, 0) is 19.6 Å². The zero-order valence-corrected chi connectivity index (χ0v) is 18.6. The lowest BCUT2D eigenvalue weighted by Crippen LogP contribution is -2.39. The third-order valence-corrected chi connectivity index (χ3v) is 6.72. The van der Waals surface area contributed by atoms with Crippen molar-refractivity contribution >= 4 is 55.4 Å². The van der Waals surface area contributed by atoms with Crippen LogP contribution in [0.15, 0.2) is 53.1 Å². The van der Waals surface area contributed by atoms with Crippen LogP contribution in [0.3, 0.4) is 0 Å². The molecule has 2 aromatic heterocycles. The van der Waals surface area contributed by atoms with Crippen LogP contribution in [0.5, 0.6) is 0 Å². The molecule has 0 aliphatic heterocycles. The molecular weight excluding hydrogens is 468 g/mol. The number of carbonyl (C=O) groups is 1. The number of aromatic nitrogens is 4. The number of nitrogens with zero attached hydrogens (tertiary/aromatic N) is 4. The number of allylic oxidation sites excluding steroid dienone is 1. The summed E-state index contributed by atoms with van der Waals surface area (Å²) >= 11 is 0.873. The molecule has 4 rings (SSSR count). The van der Waals surface area contributed by atoms with Crippen LogP contribution < -0.4 is 4.72 Å². The summed E-state index contributed by atoms with van der Waals surface area (Å²) in [6, 6.07) is 12.1. The molecule has 33 heavy (non-hydrogen) atoms. The highest BCUT2D eigenvalue weighted by Gasteiger charge is 2.26. The lowest BCUT2D eigenvalue weighted by Gasteiger charge is -2.14. The summed E-state index contributed by atoms with van der Waals surface area (Å²) in [7, 11) is -4.11.